The lowest BCUT2D eigenvalue weighted by Gasteiger charge is -2.39. The molecule has 0 saturated carbocycles. The van der Waals surface area contributed by atoms with Crippen LogP contribution in [0, 0.1) is 0 Å². The van der Waals surface area contributed by atoms with E-state index in [1.807, 2.05) is 54.7 Å². The Bertz CT molecular complexity index is 2840. The number of rotatable bonds is 5. The van der Waals surface area contributed by atoms with E-state index in [2.05, 4.69) is 146 Å². The Hall–Kier alpha value is -7.43. The molecule has 3 heterocycles. The summed E-state index contributed by atoms with van der Waals surface area (Å²) in [6.45, 7) is 0. The van der Waals surface area contributed by atoms with Crippen LogP contribution in [0.5, 0.6) is 11.5 Å². The van der Waals surface area contributed by atoms with Crippen molar-refractivity contribution in [3.63, 3.8) is 0 Å². The largest absolute Gasteiger partial charge is 0.457 e. The molecule has 1 aliphatic carbocycles. The van der Waals surface area contributed by atoms with Gasteiger partial charge in [0.2, 0.25) is 0 Å². The van der Waals surface area contributed by atoms with E-state index in [1.54, 1.807) is 0 Å². The van der Waals surface area contributed by atoms with Gasteiger partial charge in [-0.2, -0.15) is 0 Å². The summed E-state index contributed by atoms with van der Waals surface area (Å²) in [7, 11) is 0. The van der Waals surface area contributed by atoms with Crippen LogP contribution in [0.25, 0.3) is 67.4 Å². The van der Waals surface area contributed by atoms with Crippen molar-refractivity contribution in [3.05, 3.63) is 223 Å². The molecule has 0 fully saturated rings. The Morgan fingerprint density at radius 2 is 0.857 bits per heavy atom. The molecule has 4 nitrogen and oxygen atoms in total. The summed E-state index contributed by atoms with van der Waals surface area (Å²) in [5.41, 5.74) is 15.7. The zero-order valence-corrected chi connectivity index (χ0v) is 30.3. The number of para-hydroxylation sites is 2. The SMILES string of the molecule is c1ccc(-c2cc(-c3ccccc3)nc(-c3cccc(-c4ccc5c(c4)-c4cc(-c6ccccn6)ccc4C54c5ccccc5Oc5ccccc54)c3)n2)cc1. The first-order valence-corrected chi connectivity index (χ1v) is 18.9. The minimum Gasteiger partial charge on any atom is -0.457 e. The van der Waals surface area contributed by atoms with E-state index in [4.69, 9.17) is 19.7 Å². The molecule has 7 aromatic carbocycles. The average molecular weight is 716 g/mol. The summed E-state index contributed by atoms with van der Waals surface area (Å²) in [6, 6.07) is 68.2. The van der Waals surface area contributed by atoms with Crippen LogP contribution in [0.1, 0.15) is 22.3 Å². The zero-order chi connectivity index (χ0) is 37.1. The predicted octanol–water partition coefficient (Wildman–Crippen LogP) is 12.7. The standard InChI is InChI=1S/C52H33N3O/c1-3-14-34(15-4-1)47-33-48(35-16-5-2-6-17-35)55-51(54-47)39-19-13-18-36(30-39)37-25-27-42-40(31-37)41-32-38(46-22-11-12-29-53-46)26-28-43(41)52(42)44-20-7-9-23-49(44)56-50-24-10-8-21-45(50)52/h1-33H. The molecule has 11 rings (SSSR count). The normalized spacial score (nSPS) is 12.9. The molecule has 0 atom stereocenters. The van der Waals surface area contributed by atoms with Crippen molar-refractivity contribution in [3.8, 4) is 78.9 Å². The molecule has 0 radical (unpaired) electrons. The fourth-order valence-corrected chi connectivity index (χ4v) is 8.71. The first-order chi connectivity index (χ1) is 27.7. The van der Waals surface area contributed by atoms with Gasteiger partial charge in [-0.1, -0.05) is 146 Å². The second kappa shape index (κ2) is 12.9. The van der Waals surface area contributed by atoms with Crippen LogP contribution >= 0.6 is 0 Å². The van der Waals surface area contributed by atoms with Crippen molar-refractivity contribution in [1.29, 1.82) is 0 Å². The van der Waals surface area contributed by atoms with Gasteiger partial charge in [0, 0.05) is 39.6 Å². The third-order valence-electron chi connectivity index (χ3n) is 11.2. The maximum absolute atomic E-state index is 6.59. The monoisotopic (exact) mass is 715 g/mol. The van der Waals surface area contributed by atoms with Crippen LogP contribution in [-0.2, 0) is 5.41 Å². The second-order valence-corrected chi connectivity index (χ2v) is 14.4. The van der Waals surface area contributed by atoms with Crippen molar-refractivity contribution in [1.82, 2.24) is 15.0 Å². The first-order valence-electron chi connectivity index (χ1n) is 18.9. The third-order valence-corrected chi connectivity index (χ3v) is 11.2. The maximum Gasteiger partial charge on any atom is 0.160 e. The second-order valence-electron chi connectivity index (χ2n) is 14.4. The topological polar surface area (TPSA) is 47.9 Å². The molecule has 9 aromatic rings. The Balaban J connectivity index is 1.10. The summed E-state index contributed by atoms with van der Waals surface area (Å²) >= 11 is 0. The van der Waals surface area contributed by atoms with Gasteiger partial charge in [-0.15, -0.1) is 0 Å². The molecule has 2 aromatic heterocycles. The van der Waals surface area contributed by atoms with Crippen LogP contribution in [-0.4, -0.2) is 15.0 Å². The Morgan fingerprint density at radius 3 is 1.48 bits per heavy atom. The molecule has 262 valence electrons. The van der Waals surface area contributed by atoms with Gasteiger partial charge in [0.25, 0.3) is 0 Å². The number of aromatic nitrogens is 3. The maximum atomic E-state index is 6.59. The molecule has 4 heteroatoms. The quantitative estimate of drug-likeness (QED) is 0.178. The minimum atomic E-state index is -0.557. The van der Waals surface area contributed by atoms with Gasteiger partial charge in [-0.05, 0) is 81.9 Å². The lowest BCUT2D eigenvalue weighted by atomic mass is 9.66. The Morgan fingerprint density at radius 1 is 0.339 bits per heavy atom. The number of ether oxygens (including phenoxy) is 1. The molecule has 56 heavy (non-hydrogen) atoms. The van der Waals surface area contributed by atoms with Gasteiger partial charge in [0.15, 0.2) is 5.82 Å². The summed E-state index contributed by atoms with van der Waals surface area (Å²) in [6.07, 6.45) is 1.86. The molecule has 0 saturated heterocycles. The fraction of sp³-hybridized carbons (Fsp3) is 0.0192. The van der Waals surface area contributed by atoms with Crippen molar-refractivity contribution in [2.75, 3.05) is 0 Å². The van der Waals surface area contributed by atoms with E-state index >= 15 is 0 Å². The highest BCUT2D eigenvalue weighted by atomic mass is 16.5. The average Bonchev–Trinajstić information content (AvgIpc) is 3.56. The van der Waals surface area contributed by atoms with Crippen LogP contribution in [0.15, 0.2) is 200 Å². The van der Waals surface area contributed by atoms with Gasteiger partial charge in [0.1, 0.15) is 11.5 Å². The number of nitrogens with zero attached hydrogens (tertiary/aromatic N) is 3. The number of fused-ring (bicyclic) bond motifs is 9. The summed E-state index contributed by atoms with van der Waals surface area (Å²) in [5.74, 6) is 2.44. The molecule has 0 amide bonds. The van der Waals surface area contributed by atoms with E-state index in [9.17, 15) is 0 Å². The van der Waals surface area contributed by atoms with E-state index in [1.165, 1.54) is 22.3 Å². The lowest BCUT2D eigenvalue weighted by Crippen LogP contribution is -2.32. The fourth-order valence-electron chi connectivity index (χ4n) is 8.71. The molecule has 1 spiro atoms. The highest BCUT2D eigenvalue weighted by molar-refractivity contribution is 5.92. The van der Waals surface area contributed by atoms with Crippen molar-refractivity contribution >= 4 is 0 Å². The predicted molar refractivity (Wildman–Crippen MR) is 224 cm³/mol. The Labute approximate surface area is 325 Å². The van der Waals surface area contributed by atoms with Crippen molar-refractivity contribution in [2.24, 2.45) is 0 Å². The molecule has 1 aliphatic heterocycles. The van der Waals surface area contributed by atoms with Crippen molar-refractivity contribution < 1.29 is 4.74 Å². The summed E-state index contributed by atoms with van der Waals surface area (Å²) in [4.78, 5) is 15.0. The van der Waals surface area contributed by atoms with E-state index < -0.39 is 5.41 Å². The number of hydrogen-bond acceptors (Lipinski definition) is 4. The molecule has 0 bridgehead atoms. The lowest BCUT2D eigenvalue weighted by molar-refractivity contribution is 0.436. The van der Waals surface area contributed by atoms with E-state index in [-0.39, 0.29) is 0 Å². The van der Waals surface area contributed by atoms with Crippen LogP contribution in [0.3, 0.4) is 0 Å². The zero-order valence-electron chi connectivity index (χ0n) is 30.3. The highest BCUT2D eigenvalue weighted by Crippen LogP contribution is 2.62. The van der Waals surface area contributed by atoms with Gasteiger partial charge >= 0.3 is 0 Å². The molecule has 0 unspecified atom stereocenters. The van der Waals surface area contributed by atoms with E-state index in [0.717, 1.165) is 73.1 Å². The van der Waals surface area contributed by atoms with Gasteiger partial charge in [0.05, 0.1) is 22.5 Å². The molecule has 0 N–H and O–H groups in total. The van der Waals surface area contributed by atoms with Gasteiger partial charge in [-0.25, -0.2) is 9.97 Å². The first kappa shape index (κ1) is 32.0. The van der Waals surface area contributed by atoms with Crippen LogP contribution < -0.4 is 4.74 Å². The van der Waals surface area contributed by atoms with Crippen molar-refractivity contribution in [2.45, 2.75) is 5.41 Å². The highest BCUT2D eigenvalue weighted by Gasteiger charge is 2.51. The third kappa shape index (κ3) is 5.04. The molecule has 2 aliphatic rings. The number of pyridine rings is 1. The molecular formula is C52H33N3O. The van der Waals surface area contributed by atoms with Crippen LogP contribution in [0.4, 0.5) is 0 Å². The van der Waals surface area contributed by atoms with Gasteiger partial charge in [-0.3, -0.25) is 4.98 Å². The smallest absolute Gasteiger partial charge is 0.160 e. The summed E-state index contributed by atoms with van der Waals surface area (Å²) in [5, 5.41) is 0. The Kier molecular flexibility index (Phi) is 7.36. The summed E-state index contributed by atoms with van der Waals surface area (Å²) < 4.78 is 6.59. The van der Waals surface area contributed by atoms with E-state index in [0.29, 0.717) is 5.82 Å². The number of hydrogen-bond donors (Lipinski definition) is 0. The van der Waals surface area contributed by atoms with Crippen LogP contribution in [0.2, 0.25) is 0 Å². The minimum absolute atomic E-state index is 0.557. The molecular weight excluding hydrogens is 683 g/mol. The van der Waals surface area contributed by atoms with Gasteiger partial charge < -0.3 is 4.74 Å². The number of benzene rings is 7.